The fraction of sp³-hybridized carbons (Fsp3) is 0.500. The van der Waals surface area contributed by atoms with Crippen LogP contribution in [0.5, 0.6) is 0 Å². The van der Waals surface area contributed by atoms with Gasteiger partial charge >= 0.3 is 0 Å². The van der Waals surface area contributed by atoms with Gasteiger partial charge in [0.15, 0.2) is 5.96 Å². The maximum Gasteiger partial charge on any atom is 0.193 e. The zero-order valence-corrected chi connectivity index (χ0v) is 11.0. The van der Waals surface area contributed by atoms with Crippen molar-refractivity contribution in [2.24, 2.45) is 10.7 Å². The summed E-state index contributed by atoms with van der Waals surface area (Å²) >= 11 is 0. The van der Waals surface area contributed by atoms with Gasteiger partial charge in [0.1, 0.15) is 0 Å². The Bertz CT molecular complexity index is 391. The molecule has 0 saturated carbocycles. The monoisotopic (exact) mass is 246 g/mol. The molecule has 0 unspecified atom stereocenters. The molecular weight excluding hydrogens is 224 g/mol. The standard InChI is InChI=1S/C14H22N4/c1-2-16-14(15)17-12-6-8-13(9-7-12)18-10-4-3-5-11-18/h6-9H,2-5,10-11H2,1H3,(H3,15,16,17). The molecule has 1 aliphatic heterocycles. The van der Waals surface area contributed by atoms with Crippen LogP contribution in [0.4, 0.5) is 11.4 Å². The molecule has 1 aromatic carbocycles. The summed E-state index contributed by atoms with van der Waals surface area (Å²) in [5, 5.41) is 3.08. The highest BCUT2D eigenvalue weighted by atomic mass is 15.1. The van der Waals surface area contributed by atoms with Crippen LogP contribution < -0.4 is 16.0 Å². The van der Waals surface area contributed by atoms with Gasteiger partial charge in [-0.15, -0.1) is 0 Å². The van der Waals surface area contributed by atoms with E-state index >= 15 is 0 Å². The Morgan fingerprint density at radius 3 is 2.50 bits per heavy atom. The number of nitrogens with zero attached hydrogens (tertiary/aromatic N) is 2. The Morgan fingerprint density at radius 1 is 1.22 bits per heavy atom. The van der Waals surface area contributed by atoms with Gasteiger partial charge in [0.05, 0.1) is 0 Å². The minimum absolute atomic E-state index is 0.475. The third kappa shape index (κ3) is 3.39. The quantitative estimate of drug-likeness (QED) is 0.636. The molecule has 1 fully saturated rings. The molecule has 1 aromatic rings. The van der Waals surface area contributed by atoms with Crippen LogP contribution in [0.15, 0.2) is 29.3 Å². The molecule has 1 aliphatic rings. The number of hydrogen-bond donors (Lipinski definition) is 2. The Morgan fingerprint density at radius 2 is 1.89 bits per heavy atom. The molecule has 4 heteroatoms. The lowest BCUT2D eigenvalue weighted by Crippen LogP contribution is -2.29. The van der Waals surface area contributed by atoms with Crippen molar-refractivity contribution in [1.29, 1.82) is 0 Å². The summed E-state index contributed by atoms with van der Waals surface area (Å²) in [5.74, 6) is 0.475. The molecule has 0 bridgehead atoms. The average Bonchev–Trinajstić information content (AvgIpc) is 2.41. The Balaban J connectivity index is 1.98. The predicted molar refractivity (Wildman–Crippen MR) is 78.3 cm³/mol. The number of hydrogen-bond acceptors (Lipinski definition) is 2. The SMILES string of the molecule is CCN=C(N)Nc1ccc(N2CCCCC2)cc1. The third-order valence-electron chi connectivity index (χ3n) is 3.19. The summed E-state index contributed by atoms with van der Waals surface area (Å²) in [6.45, 7) is 5.01. The van der Waals surface area contributed by atoms with Gasteiger partial charge in [-0.1, -0.05) is 0 Å². The lowest BCUT2D eigenvalue weighted by atomic mass is 10.1. The molecular formula is C14H22N4. The van der Waals surface area contributed by atoms with Crippen molar-refractivity contribution in [2.75, 3.05) is 29.9 Å². The van der Waals surface area contributed by atoms with E-state index in [1.165, 1.54) is 38.0 Å². The van der Waals surface area contributed by atoms with Gasteiger partial charge in [0.25, 0.3) is 0 Å². The summed E-state index contributed by atoms with van der Waals surface area (Å²) in [7, 11) is 0. The van der Waals surface area contributed by atoms with E-state index in [0.717, 1.165) is 5.69 Å². The molecule has 0 aliphatic carbocycles. The summed E-state index contributed by atoms with van der Waals surface area (Å²) < 4.78 is 0. The number of nitrogens with two attached hydrogens (primary N) is 1. The summed E-state index contributed by atoms with van der Waals surface area (Å²) in [4.78, 5) is 6.55. The smallest absolute Gasteiger partial charge is 0.193 e. The second kappa shape index (κ2) is 6.28. The second-order valence-electron chi connectivity index (χ2n) is 4.58. The van der Waals surface area contributed by atoms with Crippen molar-refractivity contribution in [2.45, 2.75) is 26.2 Å². The van der Waals surface area contributed by atoms with Crippen molar-refractivity contribution in [3.05, 3.63) is 24.3 Å². The number of anilines is 2. The Kier molecular flexibility index (Phi) is 4.45. The molecule has 98 valence electrons. The van der Waals surface area contributed by atoms with Crippen LogP contribution in [0, 0.1) is 0 Å². The fourth-order valence-electron chi connectivity index (χ4n) is 2.27. The minimum Gasteiger partial charge on any atom is -0.372 e. The van der Waals surface area contributed by atoms with E-state index in [9.17, 15) is 0 Å². The minimum atomic E-state index is 0.475. The van der Waals surface area contributed by atoms with Crippen molar-refractivity contribution in [1.82, 2.24) is 0 Å². The normalized spacial score (nSPS) is 16.7. The van der Waals surface area contributed by atoms with E-state index < -0.39 is 0 Å². The fourth-order valence-corrected chi connectivity index (χ4v) is 2.27. The van der Waals surface area contributed by atoms with E-state index in [1.54, 1.807) is 0 Å². The summed E-state index contributed by atoms with van der Waals surface area (Å²) in [5.41, 5.74) is 8.01. The highest BCUT2D eigenvalue weighted by Crippen LogP contribution is 2.21. The first-order valence-corrected chi connectivity index (χ1v) is 6.71. The van der Waals surface area contributed by atoms with E-state index in [1.807, 2.05) is 6.92 Å². The molecule has 18 heavy (non-hydrogen) atoms. The number of guanidine groups is 1. The Hall–Kier alpha value is -1.71. The summed E-state index contributed by atoms with van der Waals surface area (Å²) in [6.07, 6.45) is 3.96. The van der Waals surface area contributed by atoms with Crippen LogP contribution in [0.25, 0.3) is 0 Å². The lowest BCUT2D eigenvalue weighted by Gasteiger charge is -2.28. The zero-order chi connectivity index (χ0) is 12.8. The van der Waals surface area contributed by atoms with Crippen LogP contribution in [0.1, 0.15) is 26.2 Å². The first-order valence-electron chi connectivity index (χ1n) is 6.71. The van der Waals surface area contributed by atoms with E-state index in [0.29, 0.717) is 12.5 Å². The number of piperidine rings is 1. The zero-order valence-electron chi connectivity index (χ0n) is 11.0. The maximum absolute atomic E-state index is 5.73. The van der Waals surface area contributed by atoms with Gasteiger partial charge in [-0.2, -0.15) is 0 Å². The molecule has 3 N–H and O–H groups in total. The second-order valence-corrected chi connectivity index (χ2v) is 4.58. The average molecular weight is 246 g/mol. The van der Waals surface area contributed by atoms with Crippen LogP contribution in [0.2, 0.25) is 0 Å². The molecule has 4 nitrogen and oxygen atoms in total. The van der Waals surface area contributed by atoms with Gasteiger partial charge in [-0.3, -0.25) is 4.99 Å². The molecule has 1 saturated heterocycles. The van der Waals surface area contributed by atoms with Gasteiger partial charge in [0, 0.05) is 31.0 Å². The van der Waals surface area contributed by atoms with Crippen LogP contribution in [-0.4, -0.2) is 25.6 Å². The van der Waals surface area contributed by atoms with Crippen molar-refractivity contribution < 1.29 is 0 Å². The van der Waals surface area contributed by atoms with Crippen molar-refractivity contribution in [3.8, 4) is 0 Å². The van der Waals surface area contributed by atoms with Gasteiger partial charge in [0.2, 0.25) is 0 Å². The van der Waals surface area contributed by atoms with Gasteiger partial charge in [-0.05, 0) is 50.5 Å². The van der Waals surface area contributed by atoms with Crippen LogP contribution >= 0.6 is 0 Å². The topological polar surface area (TPSA) is 53.6 Å². The first kappa shape index (κ1) is 12.7. The maximum atomic E-state index is 5.73. The largest absolute Gasteiger partial charge is 0.372 e. The predicted octanol–water partition coefficient (Wildman–Crippen LogP) is 2.42. The molecule has 0 radical (unpaired) electrons. The van der Waals surface area contributed by atoms with Crippen LogP contribution in [-0.2, 0) is 0 Å². The van der Waals surface area contributed by atoms with E-state index in [2.05, 4.69) is 39.5 Å². The van der Waals surface area contributed by atoms with E-state index in [-0.39, 0.29) is 0 Å². The van der Waals surface area contributed by atoms with E-state index in [4.69, 9.17) is 5.73 Å². The molecule has 0 amide bonds. The molecule has 1 heterocycles. The molecule has 0 atom stereocenters. The Labute approximate surface area is 109 Å². The van der Waals surface area contributed by atoms with Gasteiger partial charge in [-0.25, -0.2) is 0 Å². The first-order chi connectivity index (χ1) is 8.79. The molecule has 0 spiro atoms. The molecule has 2 rings (SSSR count). The number of rotatable bonds is 3. The van der Waals surface area contributed by atoms with Crippen molar-refractivity contribution >= 4 is 17.3 Å². The van der Waals surface area contributed by atoms with Gasteiger partial charge < -0.3 is 16.0 Å². The van der Waals surface area contributed by atoms with Crippen molar-refractivity contribution in [3.63, 3.8) is 0 Å². The number of aliphatic imine (C=N–C) groups is 1. The molecule has 0 aromatic heterocycles. The highest BCUT2D eigenvalue weighted by molar-refractivity contribution is 5.92. The lowest BCUT2D eigenvalue weighted by molar-refractivity contribution is 0.578. The number of nitrogens with one attached hydrogen (secondary N) is 1. The highest BCUT2D eigenvalue weighted by Gasteiger charge is 2.10. The van der Waals surface area contributed by atoms with Crippen LogP contribution in [0.3, 0.4) is 0 Å². The third-order valence-corrected chi connectivity index (χ3v) is 3.19. The number of benzene rings is 1. The summed E-state index contributed by atoms with van der Waals surface area (Å²) in [6, 6.07) is 8.41.